The molecule has 4 nitrogen and oxygen atoms in total. The van der Waals surface area contributed by atoms with Gasteiger partial charge in [0.1, 0.15) is 0 Å². The van der Waals surface area contributed by atoms with Gasteiger partial charge in [-0.15, -0.1) is 0 Å². The van der Waals surface area contributed by atoms with Crippen molar-refractivity contribution in [1.29, 1.82) is 0 Å². The molecule has 0 radical (unpaired) electrons. The molecule has 1 fully saturated rings. The fourth-order valence-corrected chi connectivity index (χ4v) is 2.09. The van der Waals surface area contributed by atoms with E-state index in [2.05, 4.69) is 5.32 Å². The maximum Gasteiger partial charge on any atom is 0.236 e. The third kappa shape index (κ3) is 2.98. The zero-order valence-corrected chi connectivity index (χ0v) is 10.2. The zero-order chi connectivity index (χ0) is 13.0. The molecule has 1 amide bonds. The van der Waals surface area contributed by atoms with Gasteiger partial charge in [-0.1, -0.05) is 12.1 Å². The van der Waals surface area contributed by atoms with Gasteiger partial charge in [-0.05, 0) is 18.9 Å². The van der Waals surface area contributed by atoms with Gasteiger partial charge in [0, 0.05) is 25.2 Å². The van der Waals surface area contributed by atoms with Gasteiger partial charge >= 0.3 is 0 Å². The molecule has 2 rings (SSSR count). The van der Waals surface area contributed by atoms with Gasteiger partial charge in [0.15, 0.2) is 11.6 Å². The zero-order valence-electron chi connectivity index (χ0n) is 10.2. The summed E-state index contributed by atoms with van der Waals surface area (Å²) in [5.41, 5.74) is 0.462. The lowest BCUT2D eigenvalue weighted by molar-refractivity contribution is -0.129. The summed E-state index contributed by atoms with van der Waals surface area (Å²) >= 11 is 0. The van der Waals surface area contributed by atoms with E-state index in [1.165, 1.54) is 12.1 Å². The molecule has 0 atom stereocenters. The first-order chi connectivity index (χ1) is 8.68. The van der Waals surface area contributed by atoms with Crippen molar-refractivity contribution in [3.63, 3.8) is 0 Å². The predicted octanol–water partition coefficient (Wildman–Crippen LogP) is 1.24. The number of nitrogens with one attached hydrogen (secondary N) is 1. The van der Waals surface area contributed by atoms with Crippen LogP contribution < -0.4 is 5.32 Å². The number of hydrogen-bond donors (Lipinski definition) is 2. The van der Waals surface area contributed by atoms with E-state index in [0.717, 1.165) is 25.9 Å². The normalized spacial score (nSPS) is 15.1. The molecule has 0 bridgehead atoms. The minimum absolute atomic E-state index is 0.0587. The first kappa shape index (κ1) is 12.8. The maximum atomic E-state index is 13.1. The molecule has 0 aromatic heterocycles. The molecule has 1 aliphatic rings. The quantitative estimate of drug-likeness (QED) is 0.847. The number of halogens is 1. The molecule has 0 aliphatic carbocycles. The van der Waals surface area contributed by atoms with E-state index >= 15 is 0 Å². The van der Waals surface area contributed by atoms with Crippen LogP contribution in [0.3, 0.4) is 0 Å². The fourth-order valence-electron chi connectivity index (χ4n) is 2.09. The van der Waals surface area contributed by atoms with E-state index in [0.29, 0.717) is 5.56 Å². The number of phenolic OH excluding ortho intramolecular Hbond substituents is 1. The molecule has 0 spiro atoms. The second-order valence-electron chi connectivity index (χ2n) is 4.44. The van der Waals surface area contributed by atoms with Crippen molar-refractivity contribution < 1.29 is 14.3 Å². The summed E-state index contributed by atoms with van der Waals surface area (Å²) in [4.78, 5) is 13.5. The van der Waals surface area contributed by atoms with Crippen LogP contribution in [0.5, 0.6) is 5.75 Å². The Morgan fingerprint density at radius 2 is 2.11 bits per heavy atom. The standard InChI is InChI=1S/C13H17FN2O2/c14-11-5-3-4-10(13(11)18)8-15-9-12(17)16-6-1-2-7-16/h3-5,15,18H,1-2,6-9H2. The van der Waals surface area contributed by atoms with E-state index in [1.807, 2.05) is 4.90 Å². The second-order valence-corrected chi connectivity index (χ2v) is 4.44. The molecule has 5 heteroatoms. The summed E-state index contributed by atoms with van der Waals surface area (Å²) in [7, 11) is 0. The summed E-state index contributed by atoms with van der Waals surface area (Å²) in [6.07, 6.45) is 2.13. The van der Waals surface area contributed by atoms with Crippen molar-refractivity contribution in [1.82, 2.24) is 10.2 Å². The smallest absolute Gasteiger partial charge is 0.236 e. The van der Waals surface area contributed by atoms with Gasteiger partial charge in [0.05, 0.1) is 6.54 Å². The van der Waals surface area contributed by atoms with E-state index < -0.39 is 5.82 Å². The minimum Gasteiger partial charge on any atom is -0.505 e. The van der Waals surface area contributed by atoms with Crippen LogP contribution in [0.25, 0.3) is 0 Å². The molecule has 0 saturated carbocycles. The van der Waals surface area contributed by atoms with Crippen LogP contribution in [0, 0.1) is 5.82 Å². The molecule has 18 heavy (non-hydrogen) atoms. The summed E-state index contributed by atoms with van der Waals surface area (Å²) < 4.78 is 13.1. The topological polar surface area (TPSA) is 52.6 Å². The number of aromatic hydroxyl groups is 1. The predicted molar refractivity (Wildman–Crippen MR) is 65.6 cm³/mol. The molecule has 1 aliphatic heterocycles. The van der Waals surface area contributed by atoms with E-state index in [4.69, 9.17) is 0 Å². The van der Waals surface area contributed by atoms with Crippen molar-refractivity contribution in [2.24, 2.45) is 0 Å². The molecular formula is C13H17FN2O2. The Bertz CT molecular complexity index is 431. The highest BCUT2D eigenvalue weighted by Gasteiger charge is 2.17. The van der Waals surface area contributed by atoms with Crippen LogP contribution in [0.2, 0.25) is 0 Å². The van der Waals surface area contributed by atoms with Crippen molar-refractivity contribution in [3.05, 3.63) is 29.6 Å². The van der Waals surface area contributed by atoms with E-state index in [-0.39, 0.29) is 24.7 Å². The van der Waals surface area contributed by atoms with Gasteiger partial charge in [-0.2, -0.15) is 0 Å². The first-order valence-corrected chi connectivity index (χ1v) is 6.13. The van der Waals surface area contributed by atoms with Crippen molar-refractivity contribution in [2.45, 2.75) is 19.4 Å². The average molecular weight is 252 g/mol. The lowest BCUT2D eigenvalue weighted by Gasteiger charge is -2.15. The Morgan fingerprint density at radius 1 is 1.39 bits per heavy atom. The fraction of sp³-hybridized carbons (Fsp3) is 0.462. The summed E-state index contributed by atoms with van der Waals surface area (Å²) in [6, 6.07) is 4.37. The molecule has 1 heterocycles. The van der Waals surface area contributed by atoms with Gasteiger partial charge < -0.3 is 15.3 Å². The highest BCUT2D eigenvalue weighted by atomic mass is 19.1. The summed E-state index contributed by atoms with van der Waals surface area (Å²) in [6.45, 7) is 2.15. The third-order valence-corrected chi connectivity index (χ3v) is 3.12. The second kappa shape index (κ2) is 5.82. The van der Waals surface area contributed by atoms with Crippen molar-refractivity contribution >= 4 is 5.91 Å². The Kier molecular flexibility index (Phi) is 4.15. The minimum atomic E-state index is -0.639. The number of likely N-dealkylation sites (tertiary alicyclic amines) is 1. The van der Waals surface area contributed by atoms with Gasteiger partial charge in [-0.25, -0.2) is 4.39 Å². The van der Waals surface area contributed by atoms with Crippen LogP contribution in [0.15, 0.2) is 18.2 Å². The lowest BCUT2D eigenvalue weighted by atomic mass is 10.2. The van der Waals surface area contributed by atoms with Crippen LogP contribution in [0.4, 0.5) is 4.39 Å². The highest BCUT2D eigenvalue weighted by Crippen LogP contribution is 2.20. The van der Waals surface area contributed by atoms with Gasteiger partial charge in [-0.3, -0.25) is 4.79 Å². The number of nitrogens with zero attached hydrogens (tertiary/aromatic N) is 1. The van der Waals surface area contributed by atoms with E-state index in [1.54, 1.807) is 6.07 Å². The SMILES string of the molecule is O=C(CNCc1cccc(F)c1O)N1CCCC1. The molecule has 2 N–H and O–H groups in total. The third-order valence-electron chi connectivity index (χ3n) is 3.12. The van der Waals surface area contributed by atoms with Crippen LogP contribution in [-0.2, 0) is 11.3 Å². The maximum absolute atomic E-state index is 13.1. The monoisotopic (exact) mass is 252 g/mol. The van der Waals surface area contributed by atoms with Crippen molar-refractivity contribution in [3.8, 4) is 5.75 Å². The Balaban J connectivity index is 1.81. The highest BCUT2D eigenvalue weighted by molar-refractivity contribution is 5.78. The van der Waals surface area contributed by atoms with Crippen LogP contribution in [0.1, 0.15) is 18.4 Å². The number of phenols is 1. The molecule has 0 unspecified atom stereocenters. The number of carbonyl (C=O) groups excluding carboxylic acids is 1. The van der Waals surface area contributed by atoms with Gasteiger partial charge in [0.25, 0.3) is 0 Å². The molecule has 1 aromatic rings. The lowest BCUT2D eigenvalue weighted by Crippen LogP contribution is -2.35. The number of amides is 1. The summed E-state index contributed by atoms with van der Waals surface area (Å²) in [5.74, 6) is -0.929. The Hall–Kier alpha value is -1.62. The Morgan fingerprint density at radius 3 is 2.83 bits per heavy atom. The molecule has 98 valence electrons. The van der Waals surface area contributed by atoms with Crippen LogP contribution >= 0.6 is 0 Å². The number of para-hydroxylation sites is 1. The Labute approximate surface area is 105 Å². The number of rotatable bonds is 4. The van der Waals surface area contributed by atoms with Gasteiger partial charge in [0.2, 0.25) is 5.91 Å². The van der Waals surface area contributed by atoms with Crippen LogP contribution in [-0.4, -0.2) is 35.5 Å². The molecule has 1 saturated heterocycles. The average Bonchev–Trinajstić information content (AvgIpc) is 2.88. The number of carbonyl (C=O) groups is 1. The number of hydrogen-bond acceptors (Lipinski definition) is 3. The molecular weight excluding hydrogens is 235 g/mol. The molecule has 1 aromatic carbocycles. The first-order valence-electron chi connectivity index (χ1n) is 6.13. The largest absolute Gasteiger partial charge is 0.505 e. The van der Waals surface area contributed by atoms with E-state index in [9.17, 15) is 14.3 Å². The number of benzene rings is 1. The van der Waals surface area contributed by atoms with Crippen molar-refractivity contribution in [2.75, 3.05) is 19.6 Å². The summed E-state index contributed by atoms with van der Waals surface area (Å²) in [5, 5.41) is 12.4.